The smallest absolute Gasteiger partial charge is 0.228 e. The quantitative estimate of drug-likeness (QED) is 0.594. The van der Waals surface area contributed by atoms with Gasteiger partial charge in [0.2, 0.25) is 17.7 Å². The lowest BCUT2D eigenvalue weighted by Crippen LogP contribution is -2.51. The summed E-state index contributed by atoms with van der Waals surface area (Å²) in [5.41, 5.74) is 5.39. The predicted molar refractivity (Wildman–Crippen MR) is 99.8 cm³/mol. The summed E-state index contributed by atoms with van der Waals surface area (Å²) >= 11 is 0. The zero-order valence-corrected chi connectivity index (χ0v) is 16.3. The van der Waals surface area contributed by atoms with Gasteiger partial charge in [-0.05, 0) is 19.3 Å². The number of nitrogens with two attached hydrogens (primary N) is 1. The third-order valence-electron chi connectivity index (χ3n) is 4.95. The summed E-state index contributed by atoms with van der Waals surface area (Å²) in [5.74, 6) is -0.321. The summed E-state index contributed by atoms with van der Waals surface area (Å²) < 4.78 is 5.02. The highest BCUT2D eigenvalue weighted by Crippen LogP contribution is 2.24. The van der Waals surface area contributed by atoms with E-state index in [0.29, 0.717) is 45.8 Å². The number of carbonyl (C=O) groups excluding carboxylic acids is 3. The molecule has 26 heavy (non-hydrogen) atoms. The summed E-state index contributed by atoms with van der Waals surface area (Å²) in [6, 6.07) is 0.00565. The van der Waals surface area contributed by atoms with Crippen molar-refractivity contribution in [3.8, 4) is 0 Å². The van der Waals surface area contributed by atoms with E-state index in [1.165, 1.54) is 0 Å². The summed E-state index contributed by atoms with van der Waals surface area (Å²) in [7, 11) is 1.60. The maximum Gasteiger partial charge on any atom is 0.228 e. The molecule has 0 bridgehead atoms. The average Bonchev–Trinajstić information content (AvgIpc) is 2.99. The van der Waals surface area contributed by atoms with Crippen LogP contribution in [0.4, 0.5) is 0 Å². The largest absolute Gasteiger partial charge is 0.383 e. The van der Waals surface area contributed by atoms with E-state index in [4.69, 9.17) is 10.5 Å². The van der Waals surface area contributed by atoms with Crippen molar-refractivity contribution in [3.63, 3.8) is 0 Å². The van der Waals surface area contributed by atoms with Crippen molar-refractivity contribution >= 4 is 30.1 Å². The molecular weight excluding hydrogens is 360 g/mol. The van der Waals surface area contributed by atoms with Crippen LogP contribution in [0.15, 0.2) is 0 Å². The topological polar surface area (TPSA) is 105 Å². The second kappa shape index (κ2) is 11.4. The zero-order valence-electron chi connectivity index (χ0n) is 15.4. The molecule has 2 saturated heterocycles. The normalized spacial score (nSPS) is 22.9. The minimum atomic E-state index is -0.287. The average molecular weight is 391 g/mol. The highest BCUT2D eigenvalue weighted by molar-refractivity contribution is 5.89. The molecule has 2 fully saturated rings. The van der Waals surface area contributed by atoms with Crippen LogP contribution in [-0.2, 0) is 19.1 Å². The van der Waals surface area contributed by atoms with Gasteiger partial charge in [-0.1, -0.05) is 0 Å². The van der Waals surface area contributed by atoms with Crippen LogP contribution in [0.5, 0.6) is 0 Å². The lowest BCUT2D eigenvalue weighted by Gasteiger charge is -2.37. The molecule has 0 radical (unpaired) electrons. The maximum atomic E-state index is 12.9. The molecule has 0 aliphatic carbocycles. The number of hydrogen-bond donors (Lipinski definition) is 2. The van der Waals surface area contributed by atoms with Gasteiger partial charge in [-0.15, -0.1) is 12.4 Å². The Bertz CT molecular complexity index is 491. The Morgan fingerprint density at radius 2 is 2.12 bits per heavy atom. The first kappa shape index (κ1) is 22.7. The van der Waals surface area contributed by atoms with Gasteiger partial charge in [0.1, 0.15) is 0 Å². The van der Waals surface area contributed by atoms with Crippen molar-refractivity contribution < 1.29 is 19.1 Å². The van der Waals surface area contributed by atoms with Crippen LogP contribution in [0.2, 0.25) is 0 Å². The van der Waals surface area contributed by atoms with Crippen LogP contribution in [0, 0.1) is 5.92 Å². The molecule has 0 aromatic carbocycles. The number of nitrogens with zero attached hydrogens (tertiary/aromatic N) is 2. The first-order valence-corrected chi connectivity index (χ1v) is 9.10. The van der Waals surface area contributed by atoms with Crippen molar-refractivity contribution in [3.05, 3.63) is 0 Å². The van der Waals surface area contributed by atoms with Crippen LogP contribution in [0.25, 0.3) is 0 Å². The van der Waals surface area contributed by atoms with E-state index in [1.807, 2.05) is 4.90 Å². The van der Waals surface area contributed by atoms with Crippen LogP contribution >= 0.6 is 12.4 Å². The van der Waals surface area contributed by atoms with Crippen molar-refractivity contribution in [2.45, 2.75) is 38.1 Å². The molecule has 3 N–H and O–H groups in total. The van der Waals surface area contributed by atoms with Gasteiger partial charge < -0.3 is 25.6 Å². The maximum absolute atomic E-state index is 12.9. The van der Waals surface area contributed by atoms with Gasteiger partial charge in [0.25, 0.3) is 0 Å². The van der Waals surface area contributed by atoms with Gasteiger partial charge in [0.05, 0.1) is 12.5 Å². The number of likely N-dealkylation sites (tertiary alicyclic amines) is 2. The third-order valence-corrected chi connectivity index (χ3v) is 4.95. The lowest BCUT2D eigenvalue weighted by atomic mass is 9.98. The van der Waals surface area contributed by atoms with E-state index in [-0.39, 0.29) is 48.5 Å². The summed E-state index contributed by atoms with van der Waals surface area (Å²) in [6.45, 7) is 2.94. The SMILES string of the molecule is COCCN1CC(C(=O)N2CCCCC2CNC(=O)CCN)CC1=O.Cl. The zero-order chi connectivity index (χ0) is 18.2. The highest BCUT2D eigenvalue weighted by atomic mass is 35.5. The Kier molecular flexibility index (Phi) is 9.90. The van der Waals surface area contributed by atoms with E-state index in [9.17, 15) is 14.4 Å². The summed E-state index contributed by atoms with van der Waals surface area (Å²) in [5, 5.41) is 2.87. The number of carbonyl (C=O) groups is 3. The fourth-order valence-electron chi connectivity index (χ4n) is 3.54. The summed E-state index contributed by atoms with van der Waals surface area (Å²) in [6.07, 6.45) is 3.46. The second-order valence-corrected chi connectivity index (χ2v) is 6.76. The number of methoxy groups -OCH3 is 1. The van der Waals surface area contributed by atoms with Crippen LogP contribution in [0.3, 0.4) is 0 Å². The minimum Gasteiger partial charge on any atom is -0.383 e. The predicted octanol–water partition coefficient (Wildman–Crippen LogP) is -0.251. The van der Waals surface area contributed by atoms with Gasteiger partial charge in [0, 0.05) is 58.7 Å². The molecule has 2 aliphatic heterocycles. The number of piperidine rings is 1. The van der Waals surface area contributed by atoms with E-state index >= 15 is 0 Å². The van der Waals surface area contributed by atoms with Crippen LogP contribution in [0.1, 0.15) is 32.1 Å². The number of ether oxygens (including phenoxy) is 1. The van der Waals surface area contributed by atoms with E-state index in [2.05, 4.69) is 5.32 Å². The number of halogens is 1. The monoisotopic (exact) mass is 390 g/mol. The Balaban J connectivity index is 0.00000338. The van der Waals surface area contributed by atoms with E-state index < -0.39 is 0 Å². The van der Waals surface area contributed by atoms with Gasteiger partial charge in [-0.25, -0.2) is 0 Å². The fraction of sp³-hybridized carbons (Fsp3) is 0.824. The van der Waals surface area contributed by atoms with Gasteiger partial charge in [-0.2, -0.15) is 0 Å². The van der Waals surface area contributed by atoms with Gasteiger partial charge in [-0.3, -0.25) is 14.4 Å². The van der Waals surface area contributed by atoms with Crippen molar-refractivity contribution in [2.75, 3.05) is 46.4 Å². The molecule has 8 nitrogen and oxygen atoms in total. The second-order valence-electron chi connectivity index (χ2n) is 6.76. The Morgan fingerprint density at radius 1 is 1.35 bits per heavy atom. The molecule has 0 saturated carbocycles. The van der Waals surface area contributed by atoms with Crippen molar-refractivity contribution in [2.24, 2.45) is 11.7 Å². The number of hydrogen-bond acceptors (Lipinski definition) is 5. The molecule has 0 spiro atoms. The molecule has 0 aromatic heterocycles. The minimum absolute atomic E-state index is 0. The van der Waals surface area contributed by atoms with Crippen LogP contribution < -0.4 is 11.1 Å². The number of nitrogens with one attached hydrogen (secondary N) is 1. The van der Waals surface area contributed by atoms with E-state index in [1.54, 1.807) is 12.0 Å². The Hall–Kier alpha value is -1.38. The number of amides is 3. The van der Waals surface area contributed by atoms with Gasteiger partial charge in [0.15, 0.2) is 0 Å². The first-order valence-electron chi connectivity index (χ1n) is 9.10. The number of rotatable bonds is 8. The molecule has 150 valence electrons. The lowest BCUT2D eigenvalue weighted by molar-refractivity contribution is -0.139. The third kappa shape index (κ3) is 6.10. The van der Waals surface area contributed by atoms with Gasteiger partial charge >= 0.3 is 0 Å². The molecule has 0 aromatic rings. The molecule has 3 amide bonds. The molecule has 2 atom stereocenters. The van der Waals surface area contributed by atoms with E-state index in [0.717, 1.165) is 19.3 Å². The fourth-order valence-corrected chi connectivity index (χ4v) is 3.54. The molecule has 2 aliphatic rings. The van der Waals surface area contributed by atoms with Crippen molar-refractivity contribution in [1.82, 2.24) is 15.1 Å². The Labute approximate surface area is 161 Å². The Morgan fingerprint density at radius 3 is 2.81 bits per heavy atom. The first-order chi connectivity index (χ1) is 12.1. The van der Waals surface area contributed by atoms with Crippen LogP contribution in [-0.4, -0.2) is 80.0 Å². The van der Waals surface area contributed by atoms with Crippen molar-refractivity contribution in [1.29, 1.82) is 0 Å². The molecule has 2 unspecified atom stereocenters. The molecule has 2 rings (SSSR count). The molecular formula is C17H31ClN4O4. The highest BCUT2D eigenvalue weighted by Gasteiger charge is 2.38. The molecule has 9 heteroatoms. The molecule has 2 heterocycles. The summed E-state index contributed by atoms with van der Waals surface area (Å²) in [4.78, 5) is 40.2. The standard InChI is InChI=1S/C17H30N4O4.ClH/c1-25-9-8-20-12-13(10-16(20)23)17(24)21-7-3-2-4-14(21)11-19-15(22)5-6-18;/h13-14H,2-12,18H2,1H3,(H,19,22);1H.